The Morgan fingerprint density at radius 2 is 1.82 bits per heavy atom. The molecule has 0 spiro atoms. The van der Waals surface area contributed by atoms with Crippen LogP contribution < -0.4 is 11.1 Å². The molecule has 7 heteroatoms. The van der Waals surface area contributed by atoms with Crippen molar-refractivity contribution in [2.45, 2.75) is 6.10 Å². The first-order valence-electron chi connectivity index (χ1n) is 6.34. The van der Waals surface area contributed by atoms with E-state index in [0.29, 0.717) is 5.56 Å². The minimum Gasteiger partial charge on any atom is -0.444 e. The number of imide groups is 1. The summed E-state index contributed by atoms with van der Waals surface area (Å²) in [5.74, 6) is -1.56. The smallest absolute Gasteiger partial charge is 0.340 e. The molecule has 1 aromatic heterocycles. The van der Waals surface area contributed by atoms with Gasteiger partial charge in [-0.1, -0.05) is 30.3 Å². The van der Waals surface area contributed by atoms with Crippen molar-refractivity contribution < 1.29 is 19.1 Å². The number of pyridine rings is 1. The van der Waals surface area contributed by atoms with Crippen LogP contribution >= 0.6 is 0 Å². The molecule has 3 amide bonds. The molecule has 0 aliphatic heterocycles. The van der Waals surface area contributed by atoms with Gasteiger partial charge in [-0.3, -0.25) is 15.1 Å². The second kappa shape index (κ2) is 6.98. The minimum absolute atomic E-state index is 0.190. The second-order valence-electron chi connectivity index (χ2n) is 4.29. The maximum Gasteiger partial charge on any atom is 0.340 e. The number of aromatic nitrogens is 1. The molecule has 3 N–H and O–H groups in total. The summed E-state index contributed by atoms with van der Waals surface area (Å²) in [6.45, 7) is 0. The minimum atomic E-state index is -1.29. The Hall–Kier alpha value is -3.22. The fourth-order valence-electron chi connectivity index (χ4n) is 1.75. The van der Waals surface area contributed by atoms with Gasteiger partial charge in [-0.05, 0) is 12.1 Å². The van der Waals surface area contributed by atoms with Crippen LogP contribution in [0.25, 0.3) is 0 Å². The van der Waals surface area contributed by atoms with Crippen molar-refractivity contribution >= 4 is 17.9 Å². The van der Waals surface area contributed by atoms with Gasteiger partial charge in [0.15, 0.2) is 0 Å². The highest BCUT2D eigenvalue weighted by molar-refractivity contribution is 5.98. The van der Waals surface area contributed by atoms with E-state index < -0.39 is 24.0 Å². The number of esters is 1. The molecule has 0 fully saturated rings. The monoisotopic (exact) mass is 299 g/mol. The van der Waals surface area contributed by atoms with Gasteiger partial charge in [0.2, 0.25) is 6.10 Å². The van der Waals surface area contributed by atoms with Crippen LogP contribution in [0.3, 0.4) is 0 Å². The molecule has 1 heterocycles. The first kappa shape index (κ1) is 15.2. The highest BCUT2D eigenvalue weighted by atomic mass is 16.5. The average molecular weight is 299 g/mol. The summed E-state index contributed by atoms with van der Waals surface area (Å²) in [4.78, 5) is 38.7. The molecular weight excluding hydrogens is 286 g/mol. The van der Waals surface area contributed by atoms with E-state index >= 15 is 0 Å². The second-order valence-corrected chi connectivity index (χ2v) is 4.29. The Bertz CT molecular complexity index is 674. The normalized spacial score (nSPS) is 11.3. The summed E-state index contributed by atoms with van der Waals surface area (Å²) >= 11 is 0. The lowest BCUT2D eigenvalue weighted by Crippen LogP contribution is -2.39. The van der Waals surface area contributed by atoms with Crippen LogP contribution in [-0.4, -0.2) is 22.9 Å². The SMILES string of the molecule is NC(=O)NC(=O)[C@@H](OC(=O)c1cccnc1)c1ccccc1. The molecular formula is C15H13N3O4. The van der Waals surface area contributed by atoms with Gasteiger partial charge >= 0.3 is 12.0 Å². The number of hydrogen-bond acceptors (Lipinski definition) is 5. The molecule has 0 aliphatic rings. The number of nitrogens with two attached hydrogens (primary N) is 1. The highest BCUT2D eigenvalue weighted by Crippen LogP contribution is 2.19. The van der Waals surface area contributed by atoms with Gasteiger partial charge in [-0.25, -0.2) is 9.59 Å². The molecule has 2 rings (SSSR count). The van der Waals surface area contributed by atoms with Gasteiger partial charge in [0, 0.05) is 18.0 Å². The lowest BCUT2D eigenvalue weighted by molar-refractivity contribution is -0.129. The number of primary amides is 1. The largest absolute Gasteiger partial charge is 0.444 e. The lowest BCUT2D eigenvalue weighted by Gasteiger charge is -2.16. The summed E-state index contributed by atoms with van der Waals surface area (Å²) in [5.41, 5.74) is 5.54. The van der Waals surface area contributed by atoms with Crippen molar-refractivity contribution in [3.05, 3.63) is 66.0 Å². The molecule has 1 atom stereocenters. The zero-order valence-corrected chi connectivity index (χ0v) is 11.4. The number of rotatable bonds is 4. The van der Waals surface area contributed by atoms with Crippen LogP contribution in [0.4, 0.5) is 4.79 Å². The third-order valence-electron chi connectivity index (χ3n) is 2.71. The predicted octanol–water partition coefficient (Wildman–Crippen LogP) is 1.17. The standard InChI is InChI=1S/C15H13N3O4/c16-15(21)18-13(19)12(10-5-2-1-3-6-10)22-14(20)11-7-4-8-17-9-11/h1-9,12H,(H3,16,18,19,21)/t12-/m0/s1. The molecule has 0 unspecified atom stereocenters. The lowest BCUT2D eigenvalue weighted by atomic mass is 10.1. The van der Waals surface area contributed by atoms with Gasteiger partial charge in [-0.2, -0.15) is 0 Å². The van der Waals surface area contributed by atoms with E-state index in [1.54, 1.807) is 36.4 Å². The summed E-state index contributed by atoms with van der Waals surface area (Å²) in [6.07, 6.45) is 1.53. The highest BCUT2D eigenvalue weighted by Gasteiger charge is 2.26. The van der Waals surface area contributed by atoms with Crippen molar-refractivity contribution in [3.63, 3.8) is 0 Å². The van der Waals surface area contributed by atoms with Crippen molar-refractivity contribution in [1.29, 1.82) is 0 Å². The van der Waals surface area contributed by atoms with E-state index in [2.05, 4.69) is 4.98 Å². The van der Waals surface area contributed by atoms with Crippen LogP contribution in [0.1, 0.15) is 22.0 Å². The molecule has 0 saturated carbocycles. The van der Waals surface area contributed by atoms with Crippen molar-refractivity contribution in [1.82, 2.24) is 10.3 Å². The maximum atomic E-state index is 12.1. The van der Waals surface area contributed by atoms with E-state index in [0.717, 1.165) is 0 Å². The zero-order chi connectivity index (χ0) is 15.9. The topological polar surface area (TPSA) is 111 Å². The fourth-order valence-corrected chi connectivity index (χ4v) is 1.75. The number of benzene rings is 1. The zero-order valence-electron chi connectivity index (χ0n) is 11.4. The van der Waals surface area contributed by atoms with Crippen LogP contribution in [0.15, 0.2) is 54.9 Å². The van der Waals surface area contributed by atoms with E-state index in [4.69, 9.17) is 10.5 Å². The number of urea groups is 1. The third kappa shape index (κ3) is 3.89. The summed E-state index contributed by atoms with van der Waals surface area (Å²) in [7, 11) is 0. The Morgan fingerprint density at radius 3 is 2.41 bits per heavy atom. The molecule has 0 radical (unpaired) electrons. The van der Waals surface area contributed by atoms with Gasteiger partial charge in [0.05, 0.1) is 5.56 Å². The summed E-state index contributed by atoms with van der Waals surface area (Å²) in [5, 5.41) is 1.91. The average Bonchev–Trinajstić information content (AvgIpc) is 2.53. The van der Waals surface area contributed by atoms with Crippen LogP contribution in [-0.2, 0) is 9.53 Å². The maximum absolute atomic E-state index is 12.1. The van der Waals surface area contributed by atoms with Crippen LogP contribution in [0.5, 0.6) is 0 Å². The molecule has 7 nitrogen and oxygen atoms in total. The number of hydrogen-bond donors (Lipinski definition) is 2. The Labute approximate surface area is 126 Å². The number of amides is 3. The van der Waals surface area contributed by atoms with Crippen molar-refractivity contribution in [2.75, 3.05) is 0 Å². The van der Waals surface area contributed by atoms with Crippen molar-refractivity contribution in [2.24, 2.45) is 5.73 Å². The Kier molecular flexibility index (Phi) is 4.81. The number of nitrogens with zero attached hydrogens (tertiary/aromatic N) is 1. The first-order valence-corrected chi connectivity index (χ1v) is 6.34. The summed E-state index contributed by atoms with van der Waals surface area (Å²) in [6, 6.07) is 10.3. The van der Waals surface area contributed by atoms with E-state index in [1.807, 2.05) is 5.32 Å². The Balaban J connectivity index is 2.23. The predicted molar refractivity (Wildman–Crippen MR) is 76.6 cm³/mol. The van der Waals surface area contributed by atoms with E-state index in [9.17, 15) is 14.4 Å². The molecule has 0 bridgehead atoms. The van der Waals surface area contributed by atoms with Gasteiger partial charge in [0.25, 0.3) is 5.91 Å². The van der Waals surface area contributed by atoms with Crippen molar-refractivity contribution in [3.8, 4) is 0 Å². The van der Waals surface area contributed by atoms with Crippen LogP contribution in [0.2, 0.25) is 0 Å². The quantitative estimate of drug-likeness (QED) is 0.823. The third-order valence-corrected chi connectivity index (χ3v) is 2.71. The number of carbonyl (C=O) groups excluding carboxylic acids is 3. The molecule has 0 aliphatic carbocycles. The number of ether oxygens (including phenoxy) is 1. The first-order chi connectivity index (χ1) is 10.6. The molecule has 0 saturated heterocycles. The van der Waals surface area contributed by atoms with E-state index in [-0.39, 0.29) is 5.56 Å². The molecule has 2 aromatic rings. The number of carbonyl (C=O) groups is 3. The van der Waals surface area contributed by atoms with Gasteiger partial charge in [-0.15, -0.1) is 0 Å². The number of nitrogens with one attached hydrogen (secondary N) is 1. The van der Waals surface area contributed by atoms with Gasteiger partial charge < -0.3 is 10.5 Å². The molecule has 1 aromatic carbocycles. The molecule has 112 valence electrons. The fraction of sp³-hybridized carbons (Fsp3) is 0.0667. The Morgan fingerprint density at radius 1 is 1.09 bits per heavy atom. The van der Waals surface area contributed by atoms with E-state index in [1.165, 1.54) is 18.5 Å². The van der Waals surface area contributed by atoms with Gasteiger partial charge in [0.1, 0.15) is 0 Å². The van der Waals surface area contributed by atoms with Crippen LogP contribution in [0, 0.1) is 0 Å². The molecule has 22 heavy (non-hydrogen) atoms. The summed E-state index contributed by atoms with van der Waals surface area (Å²) < 4.78 is 5.19.